The number of thiazole rings is 1. The number of pyridine rings is 1. The van der Waals surface area contributed by atoms with Crippen LogP contribution in [0.3, 0.4) is 0 Å². The molecule has 4 atom stereocenters. The Labute approximate surface area is 395 Å². The second kappa shape index (κ2) is 19.1. The molecule has 5 amide bonds. The summed E-state index contributed by atoms with van der Waals surface area (Å²) in [5.41, 5.74) is 8.21. The third kappa shape index (κ3) is 9.20. The van der Waals surface area contributed by atoms with Crippen molar-refractivity contribution in [1.29, 1.82) is 0 Å². The largest absolute Gasteiger partial charge is 0.464 e. The predicted molar refractivity (Wildman–Crippen MR) is 253 cm³/mol. The molecule has 4 aliphatic rings. The summed E-state index contributed by atoms with van der Waals surface area (Å²) in [5.74, 6) is -2.03. The molecule has 1 spiro atoms. The molecule has 8 rings (SSSR count). The van der Waals surface area contributed by atoms with Crippen LogP contribution >= 0.6 is 11.3 Å². The molecule has 3 fully saturated rings. The maximum atomic E-state index is 14.7. The molecule has 2 N–H and O–H groups in total. The van der Waals surface area contributed by atoms with Gasteiger partial charge in [-0.2, -0.15) is 0 Å². The Balaban J connectivity index is 1.15. The monoisotopic (exact) mass is 937 g/mol. The average molecular weight is 938 g/mol. The minimum Gasteiger partial charge on any atom is -0.464 e. The number of benzene rings is 1. The summed E-state index contributed by atoms with van der Waals surface area (Å²) in [4.78, 5) is 84.1. The first kappa shape index (κ1) is 47.8. The number of carbonyl (C=O) groups is 5. The zero-order chi connectivity index (χ0) is 47.9. The van der Waals surface area contributed by atoms with Crippen molar-refractivity contribution in [2.75, 3.05) is 53.6 Å². The number of aromatic nitrogens is 3. The van der Waals surface area contributed by atoms with E-state index in [4.69, 9.17) is 24.2 Å². The quantitative estimate of drug-likeness (QED) is 0.164. The first-order valence-corrected chi connectivity index (χ1v) is 24.1. The van der Waals surface area contributed by atoms with Gasteiger partial charge in [0.2, 0.25) is 11.8 Å². The fourth-order valence-electron chi connectivity index (χ4n) is 10.0. The summed E-state index contributed by atoms with van der Waals surface area (Å²) in [6.07, 6.45) is 4.36. The Bertz CT molecular complexity index is 2560. The van der Waals surface area contributed by atoms with Gasteiger partial charge in [-0.05, 0) is 74.9 Å². The molecule has 358 valence electrons. The summed E-state index contributed by atoms with van der Waals surface area (Å²) >= 11 is 1.40. The van der Waals surface area contributed by atoms with Crippen LogP contribution in [0.5, 0.6) is 0 Å². The van der Waals surface area contributed by atoms with Crippen LogP contribution in [0.25, 0.3) is 33.4 Å². The highest BCUT2D eigenvalue weighted by Crippen LogP contribution is 2.42. The Morgan fingerprint density at radius 1 is 1.15 bits per heavy atom. The second-order valence-corrected chi connectivity index (χ2v) is 20.1. The van der Waals surface area contributed by atoms with E-state index in [1.54, 1.807) is 30.2 Å². The van der Waals surface area contributed by atoms with Crippen molar-refractivity contribution in [3.05, 3.63) is 70.8 Å². The summed E-state index contributed by atoms with van der Waals surface area (Å²) in [6, 6.07) is 7.07. The second-order valence-electron chi connectivity index (χ2n) is 19.2. The van der Waals surface area contributed by atoms with Crippen molar-refractivity contribution in [2.45, 2.75) is 104 Å². The number of ether oxygens (including phenoxy) is 3. The number of fused-ring (bicyclic) bond motifs is 6. The lowest BCUT2D eigenvalue weighted by Gasteiger charge is -2.51. The van der Waals surface area contributed by atoms with Gasteiger partial charge in [-0.3, -0.25) is 34.1 Å². The van der Waals surface area contributed by atoms with Crippen LogP contribution in [-0.2, 0) is 52.8 Å². The normalized spacial score (nSPS) is 21.4. The Hall–Kier alpha value is -5.69. The Morgan fingerprint density at radius 2 is 1.93 bits per heavy atom. The van der Waals surface area contributed by atoms with Gasteiger partial charge in [0.05, 0.1) is 54.5 Å². The molecular weight excluding hydrogens is 875 g/mol. The maximum absolute atomic E-state index is 14.7. The van der Waals surface area contributed by atoms with Gasteiger partial charge in [0, 0.05) is 79.2 Å². The molecule has 3 saturated heterocycles. The molecule has 0 aliphatic carbocycles. The van der Waals surface area contributed by atoms with Gasteiger partial charge in [-0.1, -0.05) is 40.3 Å². The fourth-order valence-corrected chi connectivity index (χ4v) is 10.9. The third-order valence-corrected chi connectivity index (χ3v) is 14.4. The van der Waals surface area contributed by atoms with Gasteiger partial charge >= 0.3 is 12.0 Å². The summed E-state index contributed by atoms with van der Waals surface area (Å²) in [6.45, 7) is 17.6. The lowest BCUT2D eigenvalue weighted by molar-refractivity contribution is -0.178. The lowest BCUT2D eigenvalue weighted by Crippen LogP contribution is -2.72. The van der Waals surface area contributed by atoms with Crippen LogP contribution in [0.15, 0.2) is 54.6 Å². The summed E-state index contributed by atoms with van der Waals surface area (Å²) < 4.78 is 20.3. The zero-order valence-electron chi connectivity index (χ0n) is 39.8. The van der Waals surface area contributed by atoms with E-state index in [2.05, 4.69) is 66.9 Å². The number of hydrogen-bond donors (Lipinski definition) is 2. The molecule has 3 aromatic heterocycles. The standard InChI is InChI=1S/C49H63N9O8S/c1-10-40(59)55-26-49(27-55)57(20-21-66-49)47(63)54(8)42(29(3)4)44(60)52-36-23-39-51-37(25-67-39)31-16-17-38-33(22-31)34(43(56(38)11-2)32-14-12-18-50-41(32)30(5)64-9)24-48(6,7)28-65-46(62)35-15-13-19-58(53-35)45(36)61/h10,12,14,16-18,22,25,29-30,35-36,42,53H,1,11,13,15,19-21,23-24,26-28H2,2-9H3,(H,52,60)/t30-,35-,36?,42-/m0/s1. The van der Waals surface area contributed by atoms with E-state index in [-0.39, 0.29) is 50.7 Å². The molecule has 17 nitrogen and oxygen atoms in total. The van der Waals surface area contributed by atoms with Crippen LogP contribution in [0.2, 0.25) is 0 Å². The van der Waals surface area contributed by atoms with Crippen molar-refractivity contribution in [3.63, 3.8) is 0 Å². The molecule has 18 heteroatoms. The van der Waals surface area contributed by atoms with E-state index < -0.39 is 53.1 Å². The molecule has 1 unspecified atom stereocenters. The van der Waals surface area contributed by atoms with E-state index in [0.29, 0.717) is 43.9 Å². The van der Waals surface area contributed by atoms with E-state index in [1.807, 2.05) is 32.2 Å². The van der Waals surface area contributed by atoms with Crippen molar-refractivity contribution in [1.82, 2.24) is 45.0 Å². The average Bonchev–Trinajstić information content (AvgIpc) is 4.05. The minimum atomic E-state index is -1.11. The lowest BCUT2D eigenvalue weighted by atomic mass is 9.84. The maximum Gasteiger partial charge on any atom is 0.324 e. The number of nitrogens with zero attached hydrogens (tertiary/aromatic N) is 7. The number of likely N-dealkylation sites (N-methyl/N-ethyl adjacent to an activating group) is 1. The van der Waals surface area contributed by atoms with Crippen LogP contribution in [0.1, 0.15) is 76.8 Å². The first-order chi connectivity index (χ1) is 32.0. The van der Waals surface area contributed by atoms with Crippen LogP contribution in [0.4, 0.5) is 4.79 Å². The predicted octanol–water partition coefficient (Wildman–Crippen LogP) is 5.34. The number of aryl methyl sites for hydroxylation is 1. The van der Waals surface area contributed by atoms with Gasteiger partial charge in [-0.25, -0.2) is 15.2 Å². The van der Waals surface area contributed by atoms with Crippen LogP contribution in [-0.4, -0.2) is 141 Å². The molecule has 6 bridgehead atoms. The molecular formula is C49H63N9O8S. The molecule has 1 aromatic carbocycles. The molecule has 4 aromatic rings. The number of hydrazine groups is 1. The highest BCUT2D eigenvalue weighted by atomic mass is 32.1. The minimum absolute atomic E-state index is 0.0563. The van der Waals surface area contributed by atoms with Gasteiger partial charge in [-0.15, -0.1) is 11.3 Å². The number of hydrogen-bond acceptors (Lipinski definition) is 12. The first-order valence-electron chi connectivity index (χ1n) is 23.2. The van der Waals surface area contributed by atoms with Crippen molar-refractivity contribution >= 4 is 52.0 Å². The summed E-state index contributed by atoms with van der Waals surface area (Å²) in [5, 5.41) is 8.06. The van der Waals surface area contributed by atoms with E-state index in [9.17, 15) is 24.0 Å². The molecule has 7 heterocycles. The number of likely N-dealkylation sites (tertiary alicyclic amines) is 1. The molecule has 0 radical (unpaired) electrons. The topological polar surface area (TPSA) is 181 Å². The molecule has 0 saturated carbocycles. The molecule has 4 aliphatic heterocycles. The fraction of sp³-hybridized carbons (Fsp3) is 0.531. The van der Waals surface area contributed by atoms with Crippen LogP contribution < -0.4 is 10.7 Å². The molecule has 67 heavy (non-hydrogen) atoms. The number of carbonyl (C=O) groups excluding carboxylic acids is 5. The number of amides is 5. The SMILES string of the molecule is C=CC(=O)N1CC2(C1)OCCN2C(=O)N(C)[C@H](C(=O)NC1Cc2nc(cs2)-c2ccc3c(c2)c(c(-c2cccnc2[C@H](C)OC)n3CC)CC(C)(C)COC(=O)[C@@H]2CCCN(N2)C1=O)C(C)C. The van der Waals surface area contributed by atoms with Crippen LogP contribution in [0, 0.1) is 11.3 Å². The number of cyclic esters (lactones) is 1. The van der Waals surface area contributed by atoms with Crippen molar-refractivity contribution in [3.8, 4) is 22.5 Å². The number of methoxy groups -OCH3 is 1. The zero-order valence-corrected chi connectivity index (χ0v) is 40.6. The number of urea groups is 1. The summed E-state index contributed by atoms with van der Waals surface area (Å²) in [7, 11) is 3.25. The highest BCUT2D eigenvalue weighted by Gasteiger charge is 2.56. The number of rotatable bonds is 9. The Kier molecular flexibility index (Phi) is 13.6. The smallest absolute Gasteiger partial charge is 0.324 e. The van der Waals surface area contributed by atoms with E-state index in [0.717, 1.165) is 44.7 Å². The number of nitrogens with one attached hydrogen (secondary N) is 2. The highest BCUT2D eigenvalue weighted by molar-refractivity contribution is 7.10. The number of esters is 1. The van der Waals surface area contributed by atoms with Crippen molar-refractivity contribution in [2.24, 2.45) is 11.3 Å². The third-order valence-electron chi connectivity index (χ3n) is 13.5. The van der Waals surface area contributed by atoms with Gasteiger partial charge in [0.15, 0.2) is 5.72 Å². The van der Waals surface area contributed by atoms with E-state index in [1.165, 1.54) is 27.3 Å². The van der Waals surface area contributed by atoms with Gasteiger partial charge in [0.25, 0.3) is 5.91 Å². The Morgan fingerprint density at radius 3 is 2.64 bits per heavy atom. The van der Waals surface area contributed by atoms with Crippen molar-refractivity contribution < 1.29 is 38.2 Å². The van der Waals surface area contributed by atoms with E-state index >= 15 is 0 Å². The van der Waals surface area contributed by atoms with Gasteiger partial charge in [0.1, 0.15) is 18.1 Å². The van der Waals surface area contributed by atoms with Gasteiger partial charge < -0.3 is 33.9 Å².